The number of carbonyl (C=O) groups excluding carboxylic acids is 2. The molecule has 1 atom stereocenters. The fraction of sp³-hybridized carbons (Fsp3) is 0.290. The van der Waals surface area contributed by atoms with Gasteiger partial charge in [0.25, 0.3) is 11.7 Å². The summed E-state index contributed by atoms with van der Waals surface area (Å²) in [5, 5.41) is 11.4. The van der Waals surface area contributed by atoms with Gasteiger partial charge in [0.15, 0.2) is 0 Å². The molecule has 5 rings (SSSR count). The lowest BCUT2D eigenvalue weighted by atomic mass is 9.88. The highest BCUT2D eigenvalue weighted by molar-refractivity contribution is 6.46. The van der Waals surface area contributed by atoms with Gasteiger partial charge in [0.2, 0.25) is 0 Å². The molecule has 1 N–H and O–H groups in total. The van der Waals surface area contributed by atoms with Crippen LogP contribution < -0.4 is 14.2 Å². The Hall–Kier alpha value is -4.26. The number of carbonyl (C=O) groups is 2. The smallest absolute Gasteiger partial charge is 0.295 e. The van der Waals surface area contributed by atoms with E-state index in [1.54, 1.807) is 56.7 Å². The summed E-state index contributed by atoms with van der Waals surface area (Å²) in [5.74, 6) is 0.380. The van der Waals surface area contributed by atoms with E-state index < -0.39 is 17.7 Å². The van der Waals surface area contributed by atoms with Crippen molar-refractivity contribution in [3.05, 3.63) is 94.6 Å². The number of aliphatic hydroxyl groups excluding tert-OH is 1. The van der Waals surface area contributed by atoms with Crippen LogP contribution in [0.3, 0.4) is 0 Å². The zero-order valence-corrected chi connectivity index (χ0v) is 21.6. The van der Waals surface area contributed by atoms with Gasteiger partial charge in [-0.15, -0.1) is 0 Å². The maximum atomic E-state index is 13.4. The summed E-state index contributed by atoms with van der Waals surface area (Å²) >= 11 is 0. The Labute approximate surface area is 222 Å². The lowest BCUT2D eigenvalue weighted by Gasteiger charge is -2.26. The first kappa shape index (κ1) is 25.4. The maximum Gasteiger partial charge on any atom is 0.295 e. The summed E-state index contributed by atoms with van der Waals surface area (Å²) in [4.78, 5) is 28.1. The molecule has 196 valence electrons. The average Bonchev–Trinajstić information content (AvgIpc) is 3.22. The van der Waals surface area contributed by atoms with E-state index in [9.17, 15) is 14.7 Å². The molecular formula is C31H31NO6. The minimum absolute atomic E-state index is 0.0726. The fourth-order valence-corrected chi connectivity index (χ4v) is 5.24. The summed E-state index contributed by atoms with van der Waals surface area (Å²) in [6, 6.07) is 19.4. The number of methoxy groups -OCH3 is 2. The van der Waals surface area contributed by atoms with Crippen molar-refractivity contribution < 1.29 is 28.9 Å². The van der Waals surface area contributed by atoms with Gasteiger partial charge in [-0.25, -0.2) is 0 Å². The first-order valence-corrected chi connectivity index (χ1v) is 12.8. The molecule has 7 nitrogen and oxygen atoms in total. The molecule has 3 aromatic carbocycles. The lowest BCUT2D eigenvalue weighted by molar-refractivity contribution is -0.140. The highest BCUT2D eigenvalue weighted by Crippen LogP contribution is 2.40. The Morgan fingerprint density at radius 2 is 1.58 bits per heavy atom. The fourth-order valence-electron chi connectivity index (χ4n) is 5.24. The highest BCUT2D eigenvalue weighted by Gasteiger charge is 2.46. The monoisotopic (exact) mass is 513 g/mol. The third-order valence-corrected chi connectivity index (χ3v) is 7.23. The van der Waals surface area contributed by atoms with Gasteiger partial charge < -0.3 is 24.2 Å². The number of nitrogens with zero attached hydrogens (tertiary/aromatic N) is 1. The lowest BCUT2D eigenvalue weighted by Crippen LogP contribution is -2.33. The van der Waals surface area contributed by atoms with Crippen LogP contribution in [0.5, 0.6) is 17.2 Å². The normalized spacial score (nSPS) is 18.3. The van der Waals surface area contributed by atoms with Crippen LogP contribution in [-0.4, -0.2) is 49.1 Å². The summed E-state index contributed by atoms with van der Waals surface area (Å²) in [7, 11) is 3.15. The molecule has 1 unspecified atom stereocenters. The molecule has 1 fully saturated rings. The van der Waals surface area contributed by atoms with Crippen LogP contribution in [0.1, 0.15) is 41.1 Å². The van der Waals surface area contributed by atoms with Crippen LogP contribution >= 0.6 is 0 Å². The zero-order chi connectivity index (χ0) is 26.6. The topological polar surface area (TPSA) is 85.3 Å². The first-order valence-electron chi connectivity index (χ1n) is 12.8. The molecule has 0 spiro atoms. The molecule has 1 heterocycles. The predicted octanol–water partition coefficient (Wildman–Crippen LogP) is 5.08. The van der Waals surface area contributed by atoms with Gasteiger partial charge in [0, 0.05) is 5.56 Å². The largest absolute Gasteiger partial charge is 0.507 e. The van der Waals surface area contributed by atoms with E-state index in [1.807, 2.05) is 24.3 Å². The van der Waals surface area contributed by atoms with Gasteiger partial charge >= 0.3 is 0 Å². The Morgan fingerprint density at radius 1 is 0.868 bits per heavy atom. The van der Waals surface area contributed by atoms with Gasteiger partial charge in [0.1, 0.15) is 29.6 Å². The number of fused-ring (bicyclic) bond motifs is 1. The van der Waals surface area contributed by atoms with Gasteiger partial charge in [-0.2, -0.15) is 0 Å². The third kappa shape index (κ3) is 4.96. The van der Waals surface area contributed by atoms with E-state index in [0.29, 0.717) is 28.4 Å². The summed E-state index contributed by atoms with van der Waals surface area (Å²) in [6.07, 6.45) is 4.20. The molecule has 2 aliphatic rings. The van der Waals surface area contributed by atoms with E-state index >= 15 is 0 Å². The summed E-state index contributed by atoms with van der Waals surface area (Å²) < 4.78 is 16.4. The number of aliphatic hydroxyl groups is 1. The molecule has 0 aromatic heterocycles. The minimum Gasteiger partial charge on any atom is -0.507 e. The van der Waals surface area contributed by atoms with Gasteiger partial charge in [-0.1, -0.05) is 24.3 Å². The standard InChI is InChI=1S/C31H31NO6/c1-36-24-12-14-25(15-13-24)38-17-16-32-28(22-8-5-9-26(19-22)37-2)27(30(34)31(32)35)29(33)23-11-10-20-6-3-4-7-21(20)18-23/h5,8-15,18-19,28,33H,3-4,6-7,16-17H2,1-2H3/b29-27-. The Kier molecular flexibility index (Phi) is 7.36. The van der Waals surface area contributed by atoms with E-state index in [0.717, 1.165) is 25.7 Å². The van der Waals surface area contributed by atoms with Gasteiger partial charge in [0.05, 0.1) is 32.4 Å². The number of ether oxygens (including phenoxy) is 3. The van der Waals surface area contributed by atoms with Crippen molar-refractivity contribution >= 4 is 17.4 Å². The first-order chi connectivity index (χ1) is 18.5. The number of benzene rings is 3. The SMILES string of the molecule is COc1ccc(OCCN2C(=O)C(=O)/C(=C(\O)c3ccc4c(c3)CCCC4)C2c2cccc(OC)c2)cc1. The molecule has 38 heavy (non-hydrogen) atoms. The van der Waals surface area contributed by atoms with Crippen LogP contribution in [0.4, 0.5) is 0 Å². The van der Waals surface area contributed by atoms with Crippen LogP contribution in [0, 0.1) is 0 Å². The van der Waals surface area contributed by atoms with E-state index in [-0.39, 0.29) is 24.5 Å². The number of hydrogen-bond acceptors (Lipinski definition) is 6. The Balaban J connectivity index is 1.49. The summed E-state index contributed by atoms with van der Waals surface area (Å²) in [6.45, 7) is 0.318. The van der Waals surface area contributed by atoms with Crippen molar-refractivity contribution in [2.45, 2.75) is 31.7 Å². The molecule has 0 bridgehead atoms. The number of hydrogen-bond donors (Lipinski definition) is 1. The van der Waals surface area contributed by atoms with E-state index in [1.165, 1.54) is 16.0 Å². The molecule has 0 radical (unpaired) electrons. The van der Waals surface area contributed by atoms with Crippen molar-refractivity contribution in [1.82, 2.24) is 4.90 Å². The molecule has 7 heteroatoms. The average molecular weight is 514 g/mol. The number of likely N-dealkylation sites (tertiary alicyclic amines) is 1. The Morgan fingerprint density at radius 3 is 2.32 bits per heavy atom. The second-order valence-corrected chi connectivity index (χ2v) is 9.48. The number of amides is 1. The van der Waals surface area contributed by atoms with Crippen LogP contribution in [0.25, 0.3) is 5.76 Å². The zero-order valence-electron chi connectivity index (χ0n) is 21.6. The van der Waals surface area contributed by atoms with Crippen LogP contribution in [0.2, 0.25) is 0 Å². The molecule has 1 amide bonds. The van der Waals surface area contributed by atoms with Crippen molar-refractivity contribution in [2.75, 3.05) is 27.4 Å². The molecule has 1 aliphatic carbocycles. The predicted molar refractivity (Wildman–Crippen MR) is 144 cm³/mol. The maximum absolute atomic E-state index is 13.4. The molecule has 1 aliphatic heterocycles. The van der Waals surface area contributed by atoms with Crippen LogP contribution in [-0.2, 0) is 22.4 Å². The van der Waals surface area contributed by atoms with Crippen molar-refractivity contribution in [3.8, 4) is 17.2 Å². The van der Waals surface area contributed by atoms with E-state index in [4.69, 9.17) is 14.2 Å². The second-order valence-electron chi connectivity index (χ2n) is 9.48. The number of ketones is 1. The summed E-state index contributed by atoms with van der Waals surface area (Å²) in [5.41, 5.74) is 3.75. The van der Waals surface area contributed by atoms with Crippen LogP contribution in [0.15, 0.2) is 72.3 Å². The minimum atomic E-state index is -0.777. The molecule has 1 saturated heterocycles. The van der Waals surface area contributed by atoms with Crippen molar-refractivity contribution in [1.29, 1.82) is 0 Å². The van der Waals surface area contributed by atoms with E-state index in [2.05, 4.69) is 0 Å². The molecule has 3 aromatic rings. The second kappa shape index (κ2) is 11.0. The van der Waals surface area contributed by atoms with Gasteiger partial charge in [-0.05, 0) is 84.8 Å². The van der Waals surface area contributed by atoms with Gasteiger partial charge in [-0.3, -0.25) is 9.59 Å². The van der Waals surface area contributed by atoms with Crippen molar-refractivity contribution in [3.63, 3.8) is 0 Å². The van der Waals surface area contributed by atoms with Crippen molar-refractivity contribution in [2.24, 2.45) is 0 Å². The Bertz CT molecular complexity index is 1380. The highest BCUT2D eigenvalue weighted by atomic mass is 16.5. The molecular weight excluding hydrogens is 482 g/mol. The number of Topliss-reactive ketones (excluding diaryl/α,β-unsaturated/α-hetero) is 1. The number of rotatable bonds is 8. The number of aryl methyl sites for hydroxylation is 2. The third-order valence-electron chi connectivity index (χ3n) is 7.23. The quantitative estimate of drug-likeness (QED) is 0.257. The molecule has 0 saturated carbocycles.